The quantitative estimate of drug-likeness (QED) is 0.444. The number of hydrogen-bond donors (Lipinski definition) is 0. The molecule has 0 saturated heterocycles. The predicted molar refractivity (Wildman–Crippen MR) is 53.9 cm³/mol. The van der Waals surface area contributed by atoms with Crippen LogP contribution in [0.2, 0.25) is 0 Å². The lowest BCUT2D eigenvalue weighted by molar-refractivity contribution is 0.405. The Hall–Kier alpha value is -0.770. The Kier molecular flexibility index (Phi) is 4.03. The van der Waals surface area contributed by atoms with Gasteiger partial charge in [0.1, 0.15) is 0 Å². The highest BCUT2D eigenvalue weighted by atomic mass is 14.8. The molecule has 0 aliphatic heterocycles. The second kappa shape index (κ2) is 4.30. The van der Waals surface area contributed by atoms with Crippen LogP contribution in [0.15, 0.2) is 11.6 Å². The lowest BCUT2D eigenvalue weighted by Gasteiger charge is -2.19. The van der Waals surface area contributed by atoms with E-state index >= 15 is 0 Å². The molecule has 0 rings (SSSR count). The van der Waals surface area contributed by atoms with Gasteiger partial charge in [-0.3, -0.25) is 0 Å². The lowest BCUT2D eigenvalue weighted by atomic mass is 9.86. The first-order valence-electron chi connectivity index (χ1n) is 4.44. The summed E-state index contributed by atoms with van der Waals surface area (Å²) in [6.45, 7) is 17.5. The fourth-order valence-corrected chi connectivity index (χ4v) is 0.821. The second-order valence-electron chi connectivity index (χ2n) is 4.11. The molecule has 0 aromatic heterocycles. The minimum atomic E-state index is -0.211. The van der Waals surface area contributed by atoms with E-state index in [4.69, 9.17) is 6.57 Å². The molecule has 1 atom stereocenters. The van der Waals surface area contributed by atoms with Crippen LogP contribution in [0, 0.1) is 12.5 Å². The number of allylic oxidation sites excluding steroid dienone is 1. The van der Waals surface area contributed by atoms with Crippen molar-refractivity contribution >= 4 is 0 Å². The molecule has 1 unspecified atom stereocenters. The zero-order chi connectivity index (χ0) is 9.78. The first-order chi connectivity index (χ1) is 5.42. The maximum absolute atomic E-state index is 7.13. The van der Waals surface area contributed by atoms with Gasteiger partial charge in [0, 0.05) is 19.3 Å². The van der Waals surface area contributed by atoms with Crippen LogP contribution in [-0.4, -0.2) is 5.54 Å². The standard InChI is InChI=1S/C11H19N/c1-9(2)7-8-11(5,12-6)10(3)4/h7,10H,8H2,1-5H3. The topological polar surface area (TPSA) is 4.36 Å². The van der Waals surface area contributed by atoms with Crippen LogP contribution in [0.1, 0.15) is 41.0 Å². The van der Waals surface area contributed by atoms with E-state index in [9.17, 15) is 0 Å². The molecule has 0 aliphatic carbocycles. The highest BCUT2D eigenvalue weighted by molar-refractivity contribution is 5.06. The Labute approximate surface area is 76.3 Å². The Morgan fingerprint density at radius 2 is 2.00 bits per heavy atom. The lowest BCUT2D eigenvalue weighted by Crippen LogP contribution is -2.26. The van der Waals surface area contributed by atoms with E-state index in [1.165, 1.54) is 5.57 Å². The number of hydrogen-bond acceptors (Lipinski definition) is 0. The molecule has 0 heterocycles. The molecular weight excluding hydrogens is 146 g/mol. The molecule has 0 aliphatic rings. The second-order valence-corrected chi connectivity index (χ2v) is 4.11. The largest absolute Gasteiger partial charge is 0.310 e. The van der Waals surface area contributed by atoms with Gasteiger partial charge in [-0.25, -0.2) is 6.57 Å². The van der Waals surface area contributed by atoms with Crippen molar-refractivity contribution in [2.75, 3.05) is 0 Å². The molecule has 68 valence electrons. The fourth-order valence-electron chi connectivity index (χ4n) is 0.821. The van der Waals surface area contributed by atoms with Gasteiger partial charge >= 0.3 is 0 Å². The molecule has 0 aromatic carbocycles. The molecule has 0 spiro atoms. The molecule has 0 aromatic rings. The van der Waals surface area contributed by atoms with Gasteiger partial charge in [-0.1, -0.05) is 25.5 Å². The molecule has 12 heavy (non-hydrogen) atoms. The van der Waals surface area contributed by atoms with Gasteiger partial charge < -0.3 is 4.85 Å². The van der Waals surface area contributed by atoms with Gasteiger partial charge in [0.25, 0.3) is 0 Å². The summed E-state index contributed by atoms with van der Waals surface area (Å²) in [6, 6.07) is 0. The smallest absolute Gasteiger partial charge is 0.235 e. The minimum Gasteiger partial charge on any atom is -0.310 e. The number of rotatable bonds is 3. The third-order valence-electron chi connectivity index (χ3n) is 2.42. The van der Waals surface area contributed by atoms with Crippen LogP contribution in [0.25, 0.3) is 4.85 Å². The third kappa shape index (κ3) is 3.09. The Balaban J connectivity index is 4.38. The van der Waals surface area contributed by atoms with Crippen LogP contribution in [0.5, 0.6) is 0 Å². The van der Waals surface area contributed by atoms with Crippen LogP contribution in [0.4, 0.5) is 0 Å². The number of nitrogens with zero attached hydrogens (tertiary/aromatic N) is 1. The van der Waals surface area contributed by atoms with Gasteiger partial charge in [-0.2, -0.15) is 0 Å². The summed E-state index contributed by atoms with van der Waals surface area (Å²) < 4.78 is 0. The monoisotopic (exact) mass is 165 g/mol. The fraction of sp³-hybridized carbons (Fsp3) is 0.727. The van der Waals surface area contributed by atoms with E-state index < -0.39 is 0 Å². The summed E-state index contributed by atoms with van der Waals surface area (Å²) in [5.74, 6) is 0.422. The maximum Gasteiger partial charge on any atom is 0.235 e. The Morgan fingerprint density at radius 1 is 1.50 bits per heavy atom. The van der Waals surface area contributed by atoms with Crippen molar-refractivity contribution in [1.82, 2.24) is 0 Å². The summed E-state index contributed by atoms with van der Waals surface area (Å²) >= 11 is 0. The van der Waals surface area contributed by atoms with Crippen LogP contribution in [-0.2, 0) is 0 Å². The van der Waals surface area contributed by atoms with Gasteiger partial charge in [0.2, 0.25) is 5.54 Å². The van der Waals surface area contributed by atoms with E-state index in [0.29, 0.717) is 5.92 Å². The highest BCUT2D eigenvalue weighted by Gasteiger charge is 2.32. The van der Waals surface area contributed by atoms with Crippen molar-refractivity contribution < 1.29 is 0 Å². The van der Waals surface area contributed by atoms with Crippen LogP contribution < -0.4 is 0 Å². The molecule has 0 saturated carbocycles. The zero-order valence-corrected chi connectivity index (χ0v) is 8.81. The summed E-state index contributed by atoms with van der Waals surface area (Å²) in [7, 11) is 0. The summed E-state index contributed by atoms with van der Waals surface area (Å²) in [4.78, 5) is 3.70. The van der Waals surface area contributed by atoms with E-state index in [0.717, 1.165) is 6.42 Å². The Morgan fingerprint density at radius 3 is 2.25 bits per heavy atom. The van der Waals surface area contributed by atoms with Crippen LogP contribution >= 0.6 is 0 Å². The first-order valence-corrected chi connectivity index (χ1v) is 4.44. The molecular formula is C11H19N. The summed E-state index contributed by atoms with van der Waals surface area (Å²) in [6.07, 6.45) is 3.02. The van der Waals surface area contributed by atoms with E-state index in [-0.39, 0.29) is 5.54 Å². The normalized spacial score (nSPS) is 15.1. The summed E-state index contributed by atoms with van der Waals surface area (Å²) in [5.41, 5.74) is 1.09. The Bertz CT molecular complexity index is 204. The molecule has 0 radical (unpaired) electrons. The zero-order valence-electron chi connectivity index (χ0n) is 8.81. The van der Waals surface area contributed by atoms with Gasteiger partial charge in [0.05, 0.1) is 0 Å². The first kappa shape index (κ1) is 11.2. The van der Waals surface area contributed by atoms with Gasteiger partial charge in [-0.05, 0) is 13.8 Å². The third-order valence-corrected chi connectivity index (χ3v) is 2.42. The van der Waals surface area contributed by atoms with Crippen molar-refractivity contribution in [3.05, 3.63) is 23.1 Å². The predicted octanol–water partition coefficient (Wildman–Crippen LogP) is 3.68. The molecule has 0 fully saturated rings. The van der Waals surface area contributed by atoms with E-state index in [1.807, 2.05) is 6.92 Å². The molecule has 1 heteroatoms. The van der Waals surface area contributed by atoms with Crippen molar-refractivity contribution in [1.29, 1.82) is 0 Å². The van der Waals surface area contributed by atoms with Crippen molar-refractivity contribution in [3.8, 4) is 0 Å². The molecule has 0 amide bonds. The molecule has 0 N–H and O–H groups in total. The highest BCUT2D eigenvalue weighted by Crippen LogP contribution is 2.26. The van der Waals surface area contributed by atoms with Crippen molar-refractivity contribution in [3.63, 3.8) is 0 Å². The maximum atomic E-state index is 7.13. The van der Waals surface area contributed by atoms with Crippen molar-refractivity contribution in [2.24, 2.45) is 5.92 Å². The van der Waals surface area contributed by atoms with E-state index in [1.54, 1.807) is 0 Å². The average molecular weight is 165 g/mol. The van der Waals surface area contributed by atoms with Gasteiger partial charge in [0.15, 0.2) is 0 Å². The SMILES string of the molecule is [C-]#[N+]C(C)(CC=C(C)C)C(C)C. The average Bonchev–Trinajstić information content (AvgIpc) is 1.99. The van der Waals surface area contributed by atoms with Crippen molar-refractivity contribution in [2.45, 2.75) is 46.6 Å². The molecule has 1 nitrogen and oxygen atoms in total. The van der Waals surface area contributed by atoms with Crippen LogP contribution in [0.3, 0.4) is 0 Å². The van der Waals surface area contributed by atoms with Gasteiger partial charge in [-0.15, -0.1) is 0 Å². The minimum absolute atomic E-state index is 0.211. The summed E-state index contributed by atoms with van der Waals surface area (Å²) in [5, 5.41) is 0. The molecule has 0 bridgehead atoms. The van der Waals surface area contributed by atoms with E-state index in [2.05, 4.69) is 38.6 Å².